The largest absolute Gasteiger partial charge is 0.345 e. The van der Waals surface area contributed by atoms with Crippen molar-refractivity contribution in [3.63, 3.8) is 0 Å². The van der Waals surface area contributed by atoms with E-state index in [1.165, 1.54) is 29.1 Å². The normalized spacial score (nSPS) is 11.9. The minimum atomic E-state index is -0.180. The molecule has 0 fully saturated rings. The molecule has 0 amide bonds. The van der Waals surface area contributed by atoms with Crippen molar-refractivity contribution < 1.29 is 4.39 Å². The molecule has 0 aliphatic rings. The molecule has 19 heavy (non-hydrogen) atoms. The SMILES string of the molecule is Cc1cc(C(C)(C)C)c(C)n1Cc1ccc(F)cc1. The first-order valence-corrected chi connectivity index (χ1v) is 6.70. The van der Waals surface area contributed by atoms with E-state index in [0.29, 0.717) is 0 Å². The van der Waals surface area contributed by atoms with Crippen molar-refractivity contribution in [2.45, 2.75) is 46.6 Å². The third-order valence-corrected chi connectivity index (χ3v) is 3.64. The highest BCUT2D eigenvalue weighted by atomic mass is 19.1. The van der Waals surface area contributed by atoms with Gasteiger partial charge in [-0.1, -0.05) is 32.9 Å². The van der Waals surface area contributed by atoms with Crippen molar-refractivity contribution in [1.29, 1.82) is 0 Å². The number of benzene rings is 1. The Labute approximate surface area is 115 Å². The first-order valence-electron chi connectivity index (χ1n) is 6.70. The van der Waals surface area contributed by atoms with Crippen LogP contribution in [0, 0.1) is 19.7 Å². The summed E-state index contributed by atoms with van der Waals surface area (Å²) in [5, 5.41) is 0. The van der Waals surface area contributed by atoms with Crippen LogP contribution in [-0.2, 0) is 12.0 Å². The number of hydrogen-bond donors (Lipinski definition) is 0. The Morgan fingerprint density at radius 3 is 2.11 bits per heavy atom. The summed E-state index contributed by atoms with van der Waals surface area (Å²) in [7, 11) is 0. The van der Waals surface area contributed by atoms with Gasteiger partial charge < -0.3 is 4.57 Å². The molecule has 2 rings (SSSR count). The summed E-state index contributed by atoms with van der Waals surface area (Å²) in [5.74, 6) is -0.180. The molecule has 0 N–H and O–H groups in total. The molecule has 0 aliphatic carbocycles. The third-order valence-electron chi connectivity index (χ3n) is 3.64. The van der Waals surface area contributed by atoms with Gasteiger partial charge in [-0.05, 0) is 48.6 Å². The van der Waals surface area contributed by atoms with E-state index in [2.05, 4.69) is 45.3 Å². The Hall–Kier alpha value is -1.57. The lowest BCUT2D eigenvalue weighted by Gasteiger charge is -2.19. The molecule has 2 aromatic rings. The van der Waals surface area contributed by atoms with Crippen LogP contribution in [0.2, 0.25) is 0 Å². The number of halogens is 1. The van der Waals surface area contributed by atoms with Gasteiger partial charge in [0.2, 0.25) is 0 Å². The van der Waals surface area contributed by atoms with Crippen LogP contribution in [0.25, 0.3) is 0 Å². The molecule has 0 saturated carbocycles. The van der Waals surface area contributed by atoms with Gasteiger partial charge in [-0.25, -0.2) is 4.39 Å². The number of aromatic nitrogens is 1. The van der Waals surface area contributed by atoms with Gasteiger partial charge in [0.25, 0.3) is 0 Å². The van der Waals surface area contributed by atoms with Gasteiger partial charge in [-0.3, -0.25) is 0 Å². The molecule has 1 heterocycles. The average Bonchev–Trinajstić information content (AvgIpc) is 2.59. The highest BCUT2D eigenvalue weighted by Gasteiger charge is 2.20. The predicted molar refractivity (Wildman–Crippen MR) is 78.1 cm³/mol. The van der Waals surface area contributed by atoms with Crippen LogP contribution in [0.5, 0.6) is 0 Å². The molecule has 0 spiro atoms. The maximum atomic E-state index is 12.9. The Morgan fingerprint density at radius 1 is 1.05 bits per heavy atom. The maximum absolute atomic E-state index is 12.9. The van der Waals surface area contributed by atoms with Gasteiger partial charge >= 0.3 is 0 Å². The van der Waals surface area contributed by atoms with Gasteiger partial charge in [0.05, 0.1) is 0 Å². The summed E-state index contributed by atoms with van der Waals surface area (Å²) in [6.45, 7) is 11.8. The Bertz CT molecular complexity index is 571. The molecule has 1 aromatic heterocycles. The van der Waals surface area contributed by atoms with Gasteiger partial charge in [0, 0.05) is 17.9 Å². The minimum absolute atomic E-state index is 0.156. The monoisotopic (exact) mass is 259 g/mol. The number of aryl methyl sites for hydroxylation is 1. The molecule has 0 atom stereocenters. The summed E-state index contributed by atoms with van der Waals surface area (Å²) >= 11 is 0. The van der Waals surface area contributed by atoms with Gasteiger partial charge in [-0.15, -0.1) is 0 Å². The van der Waals surface area contributed by atoms with Crippen molar-refractivity contribution in [3.05, 3.63) is 58.7 Å². The molecule has 1 aromatic carbocycles. The van der Waals surface area contributed by atoms with Gasteiger partial charge in [-0.2, -0.15) is 0 Å². The summed E-state index contributed by atoms with van der Waals surface area (Å²) in [6, 6.07) is 9.01. The van der Waals surface area contributed by atoms with E-state index >= 15 is 0 Å². The fourth-order valence-electron chi connectivity index (χ4n) is 2.58. The van der Waals surface area contributed by atoms with E-state index < -0.39 is 0 Å². The van der Waals surface area contributed by atoms with Crippen molar-refractivity contribution in [2.24, 2.45) is 0 Å². The predicted octanol–water partition coefficient (Wildman–Crippen LogP) is 4.59. The molecule has 0 bridgehead atoms. The zero-order valence-electron chi connectivity index (χ0n) is 12.4. The Kier molecular flexibility index (Phi) is 3.53. The number of hydrogen-bond acceptors (Lipinski definition) is 0. The lowest BCUT2D eigenvalue weighted by atomic mass is 9.87. The van der Waals surface area contributed by atoms with Crippen LogP contribution in [0.3, 0.4) is 0 Å². The highest BCUT2D eigenvalue weighted by molar-refractivity contribution is 5.33. The smallest absolute Gasteiger partial charge is 0.123 e. The summed E-state index contributed by atoms with van der Waals surface area (Å²) in [5.41, 5.74) is 5.22. The number of rotatable bonds is 2. The first kappa shape index (κ1) is 13.9. The van der Waals surface area contributed by atoms with Gasteiger partial charge in [0.15, 0.2) is 0 Å². The second-order valence-electron chi connectivity index (χ2n) is 6.25. The van der Waals surface area contributed by atoms with E-state index in [1.807, 2.05) is 12.1 Å². The summed E-state index contributed by atoms with van der Waals surface area (Å²) in [4.78, 5) is 0. The Balaban J connectivity index is 2.36. The van der Waals surface area contributed by atoms with Crippen molar-refractivity contribution >= 4 is 0 Å². The van der Waals surface area contributed by atoms with Crippen molar-refractivity contribution in [3.8, 4) is 0 Å². The molecular formula is C17H22FN. The zero-order valence-corrected chi connectivity index (χ0v) is 12.4. The molecule has 102 valence electrons. The van der Waals surface area contributed by atoms with Crippen LogP contribution in [0.1, 0.15) is 43.3 Å². The molecule has 0 aliphatic heterocycles. The van der Waals surface area contributed by atoms with E-state index in [-0.39, 0.29) is 11.2 Å². The second kappa shape index (κ2) is 4.84. The van der Waals surface area contributed by atoms with Crippen LogP contribution >= 0.6 is 0 Å². The first-order chi connectivity index (χ1) is 8.79. The molecule has 0 radical (unpaired) electrons. The van der Waals surface area contributed by atoms with Crippen LogP contribution in [0.15, 0.2) is 30.3 Å². The standard InChI is InChI=1S/C17H22FN/c1-12-10-16(17(3,4)5)13(2)19(12)11-14-6-8-15(18)9-7-14/h6-10H,11H2,1-5H3. The number of nitrogens with zero attached hydrogens (tertiary/aromatic N) is 1. The van der Waals surface area contributed by atoms with Crippen LogP contribution < -0.4 is 0 Å². The van der Waals surface area contributed by atoms with Crippen molar-refractivity contribution in [2.75, 3.05) is 0 Å². The van der Waals surface area contributed by atoms with Gasteiger partial charge in [0.1, 0.15) is 5.82 Å². The van der Waals surface area contributed by atoms with E-state index in [0.717, 1.165) is 12.1 Å². The van der Waals surface area contributed by atoms with E-state index in [1.54, 1.807) is 0 Å². The lowest BCUT2D eigenvalue weighted by molar-refractivity contribution is 0.581. The summed E-state index contributed by atoms with van der Waals surface area (Å²) in [6.07, 6.45) is 0. The average molecular weight is 259 g/mol. The Morgan fingerprint density at radius 2 is 1.63 bits per heavy atom. The quantitative estimate of drug-likeness (QED) is 0.743. The molecule has 2 heteroatoms. The molecule has 1 nitrogen and oxygen atoms in total. The topological polar surface area (TPSA) is 4.93 Å². The van der Waals surface area contributed by atoms with Crippen molar-refractivity contribution in [1.82, 2.24) is 4.57 Å². The minimum Gasteiger partial charge on any atom is -0.345 e. The van der Waals surface area contributed by atoms with Crippen LogP contribution in [0.4, 0.5) is 4.39 Å². The third kappa shape index (κ3) is 2.89. The summed E-state index contributed by atoms with van der Waals surface area (Å²) < 4.78 is 15.2. The fraction of sp³-hybridized carbons (Fsp3) is 0.412. The lowest BCUT2D eigenvalue weighted by Crippen LogP contribution is -2.13. The van der Waals surface area contributed by atoms with E-state index in [4.69, 9.17) is 0 Å². The maximum Gasteiger partial charge on any atom is 0.123 e. The molecular weight excluding hydrogens is 237 g/mol. The molecule has 0 unspecified atom stereocenters. The fourth-order valence-corrected chi connectivity index (χ4v) is 2.58. The van der Waals surface area contributed by atoms with E-state index in [9.17, 15) is 4.39 Å². The van der Waals surface area contributed by atoms with Crippen LogP contribution in [-0.4, -0.2) is 4.57 Å². The highest BCUT2D eigenvalue weighted by Crippen LogP contribution is 2.28. The zero-order chi connectivity index (χ0) is 14.2. The second-order valence-corrected chi connectivity index (χ2v) is 6.25. The molecule has 0 saturated heterocycles.